The van der Waals surface area contributed by atoms with Crippen molar-refractivity contribution in [3.05, 3.63) is 35.9 Å². The molecule has 0 radical (unpaired) electrons. The second-order valence-corrected chi connectivity index (χ2v) is 1.58. The molecule has 1 aromatic carbocycles. The monoisotopic (exact) mass is 94.1 g/mol. The molecular weight excluding hydrogens is 84.1 g/mol. The van der Waals surface area contributed by atoms with Crippen molar-refractivity contribution in [2.24, 2.45) is 0 Å². The summed E-state index contributed by atoms with van der Waals surface area (Å²) in [5.41, 5.74) is 1.15. The van der Waals surface area contributed by atoms with Crippen LogP contribution in [0.3, 0.4) is 0 Å². The molecule has 36 valence electrons. The van der Waals surface area contributed by atoms with E-state index in [9.17, 15) is 0 Å². The Morgan fingerprint density at radius 1 is 1.43 bits per heavy atom. The maximum Gasteiger partial charge on any atom is 0.0623 e. The van der Waals surface area contributed by atoms with Crippen molar-refractivity contribution < 1.29 is 1.37 Å². The van der Waals surface area contributed by atoms with Gasteiger partial charge >= 0.3 is 0 Å². The summed E-state index contributed by atoms with van der Waals surface area (Å²) in [6, 6.07) is 8.06. The third kappa shape index (κ3) is 1.04. The molecule has 1 aromatic rings. The Labute approximate surface area is 45.2 Å². The summed E-state index contributed by atoms with van der Waals surface area (Å²) in [6.07, 6.45) is 0. The molecule has 0 bridgehead atoms. The minimum atomic E-state index is 0.588. The Morgan fingerprint density at radius 2 is 2.29 bits per heavy atom. The Kier molecular flexibility index (Phi) is 0.828. The zero-order valence-corrected chi connectivity index (χ0v) is 4.31. The van der Waals surface area contributed by atoms with Crippen LogP contribution in [0.1, 0.15) is 6.93 Å². The molecule has 0 spiro atoms. The number of hydrogen-bond donors (Lipinski definition) is 0. The zero-order chi connectivity index (χ0) is 5.98. The van der Waals surface area contributed by atoms with Crippen LogP contribution in [0.4, 0.5) is 0 Å². The van der Waals surface area contributed by atoms with Crippen LogP contribution in [-0.4, -0.2) is 0 Å². The smallest absolute Gasteiger partial charge is 0.0622 e. The van der Waals surface area contributed by atoms with Gasteiger partial charge in [-0.15, -0.1) is 0 Å². The van der Waals surface area contributed by atoms with E-state index in [1.54, 1.807) is 6.07 Å². The maximum atomic E-state index is 7.14. The summed E-state index contributed by atoms with van der Waals surface area (Å²) in [5.74, 6) is 0. The first-order chi connectivity index (χ1) is 3.79. The summed E-state index contributed by atoms with van der Waals surface area (Å²) in [6.45, 7) is 1.98. The highest BCUT2D eigenvalue weighted by Crippen LogP contribution is 1.92. The largest absolute Gasteiger partial charge is 0.0623 e. The zero-order valence-electron chi connectivity index (χ0n) is 5.31. The number of benzene rings is 1. The van der Waals surface area contributed by atoms with Gasteiger partial charge in [-0.25, -0.2) is 0 Å². The molecule has 0 aromatic heterocycles. The van der Waals surface area contributed by atoms with Crippen LogP contribution >= 0.6 is 0 Å². The molecule has 0 saturated carbocycles. The fourth-order valence-corrected chi connectivity index (χ4v) is 0.483. The molecule has 1 rings (SSSR count). The molecule has 7 heavy (non-hydrogen) atoms. The van der Waals surface area contributed by atoms with Gasteiger partial charge in [0.05, 0.1) is 1.37 Å². The molecular formula is C7H8. The lowest BCUT2D eigenvalue weighted by molar-refractivity contribution is 1.48. The Balaban J connectivity index is 3.08. The third-order valence-corrected chi connectivity index (χ3v) is 0.863. The first kappa shape index (κ1) is 3.25. The summed E-state index contributed by atoms with van der Waals surface area (Å²) < 4.78 is 7.14. The topological polar surface area (TPSA) is 0 Å². The molecule has 0 unspecified atom stereocenters. The molecule has 0 amide bonds. The van der Waals surface area contributed by atoms with E-state index in [2.05, 4.69) is 0 Å². The summed E-state index contributed by atoms with van der Waals surface area (Å²) in [5, 5.41) is 0. The van der Waals surface area contributed by atoms with Crippen molar-refractivity contribution in [1.29, 1.82) is 0 Å². The van der Waals surface area contributed by atoms with Crippen molar-refractivity contribution in [1.82, 2.24) is 0 Å². The summed E-state index contributed by atoms with van der Waals surface area (Å²) in [7, 11) is 0. The molecule has 0 nitrogen and oxygen atoms in total. The fraction of sp³-hybridized carbons (Fsp3) is 0.143. The van der Waals surface area contributed by atoms with Crippen LogP contribution < -0.4 is 0 Å². The van der Waals surface area contributed by atoms with Crippen molar-refractivity contribution >= 4 is 0 Å². The molecule has 0 aliphatic carbocycles. The van der Waals surface area contributed by atoms with Crippen molar-refractivity contribution in [3.8, 4) is 0 Å². The normalized spacial score (nSPS) is 10.7. The highest BCUT2D eigenvalue weighted by Gasteiger charge is 1.72. The minimum absolute atomic E-state index is 0.588. The van der Waals surface area contributed by atoms with Crippen molar-refractivity contribution in [2.75, 3.05) is 0 Å². The van der Waals surface area contributed by atoms with Gasteiger partial charge < -0.3 is 0 Å². The van der Waals surface area contributed by atoms with Gasteiger partial charge in [-0.1, -0.05) is 35.9 Å². The van der Waals surface area contributed by atoms with E-state index in [0.29, 0.717) is 6.04 Å². The second kappa shape index (κ2) is 1.78. The highest BCUT2D eigenvalue weighted by atomic mass is 13.8. The van der Waals surface area contributed by atoms with Crippen LogP contribution in [0.5, 0.6) is 0 Å². The van der Waals surface area contributed by atoms with E-state index in [1.165, 1.54) is 0 Å². The molecule has 0 aliphatic rings. The first-order valence-corrected chi connectivity index (χ1v) is 2.32. The summed E-state index contributed by atoms with van der Waals surface area (Å²) >= 11 is 0. The van der Waals surface area contributed by atoms with Gasteiger partial charge in [-0.05, 0) is 6.92 Å². The highest BCUT2D eigenvalue weighted by molar-refractivity contribution is 5.11. The van der Waals surface area contributed by atoms with Gasteiger partial charge in [0.15, 0.2) is 0 Å². The lowest BCUT2D eigenvalue weighted by Gasteiger charge is -1.82. The second-order valence-electron chi connectivity index (χ2n) is 1.58. The molecule has 0 heterocycles. The predicted molar refractivity (Wildman–Crippen MR) is 31.2 cm³/mol. The predicted octanol–water partition coefficient (Wildman–Crippen LogP) is 2.00. The van der Waals surface area contributed by atoms with Gasteiger partial charge in [-0.3, -0.25) is 0 Å². The Hall–Kier alpha value is -0.780. The molecule has 0 atom stereocenters. The standard InChI is InChI=1S/C7H8/c1-7-5-3-2-4-6-7/h2-6H,1H3/i3T. The van der Waals surface area contributed by atoms with E-state index >= 15 is 0 Å². The number of rotatable bonds is 0. The van der Waals surface area contributed by atoms with Gasteiger partial charge in [0.25, 0.3) is 0 Å². The molecule has 0 heteroatoms. The number of hydrogen-bond acceptors (Lipinski definition) is 0. The van der Waals surface area contributed by atoms with Gasteiger partial charge in [0, 0.05) is 0 Å². The van der Waals surface area contributed by atoms with E-state index < -0.39 is 0 Å². The lowest BCUT2D eigenvalue weighted by Crippen LogP contribution is -1.62. The van der Waals surface area contributed by atoms with Crippen LogP contribution in [-0.2, 0) is 0 Å². The van der Waals surface area contributed by atoms with Gasteiger partial charge in [0.1, 0.15) is 0 Å². The van der Waals surface area contributed by atoms with Crippen molar-refractivity contribution in [2.45, 2.75) is 6.92 Å². The van der Waals surface area contributed by atoms with E-state index in [1.807, 2.05) is 25.1 Å². The van der Waals surface area contributed by atoms with Crippen LogP contribution in [0.15, 0.2) is 30.3 Å². The lowest BCUT2D eigenvalue weighted by atomic mass is 10.2. The van der Waals surface area contributed by atoms with Crippen LogP contribution in [0, 0.1) is 6.92 Å². The van der Waals surface area contributed by atoms with Crippen molar-refractivity contribution in [3.63, 3.8) is 0 Å². The molecule has 0 N–H and O–H groups in total. The molecule has 0 aliphatic heterocycles. The fourth-order valence-electron chi connectivity index (χ4n) is 0.483. The average molecular weight is 94.1 g/mol. The molecule has 0 saturated heterocycles. The molecule has 0 fully saturated rings. The first-order valence-electron chi connectivity index (χ1n) is 2.82. The Morgan fingerprint density at radius 3 is 2.71 bits per heavy atom. The minimum Gasteiger partial charge on any atom is -0.0622 e. The third-order valence-electron chi connectivity index (χ3n) is 0.863. The van der Waals surface area contributed by atoms with E-state index in [4.69, 9.17) is 1.37 Å². The quantitative estimate of drug-likeness (QED) is 0.461. The van der Waals surface area contributed by atoms with Gasteiger partial charge in [0.2, 0.25) is 0 Å². The van der Waals surface area contributed by atoms with E-state index in [0.717, 1.165) is 5.56 Å². The van der Waals surface area contributed by atoms with Gasteiger partial charge in [-0.2, -0.15) is 0 Å². The maximum absolute atomic E-state index is 7.14. The summed E-state index contributed by atoms with van der Waals surface area (Å²) in [4.78, 5) is 0. The van der Waals surface area contributed by atoms with E-state index in [-0.39, 0.29) is 0 Å². The average Bonchev–Trinajstić information content (AvgIpc) is 1.64. The number of aryl methyl sites for hydroxylation is 1. The van der Waals surface area contributed by atoms with Crippen LogP contribution in [0.2, 0.25) is 0 Å². The SMILES string of the molecule is [3H]c1cccc(C)c1. The van der Waals surface area contributed by atoms with Crippen LogP contribution in [0.25, 0.3) is 0 Å². The Bertz CT molecular complexity index is 164.